The highest BCUT2D eigenvalue weighted by atomic mass is 16.5. The molecule has 1 heterocycles. The second-order valence-corrected chi connectivity index (χ2v) is 4.48. The molecule has 0 spiro atoms. The lowest BCUT2D eigenvalue weighted by molar-refractivity contribution is 0.175. The standard InChI is InChI=1S/C14H15N3O/c15-13-8-17-14(9-16-13)18-12-7-3-5-10-4-1-2-6-11(10)12/h1-2,4,6,8-9,12H,3,5,7H2,(H2,15,16). The first-order valence-electron chi connectivity index (χ1n) is 6.15. The van der Waals surface area contributed by atoms with Crippen molar-refractivity contribution in [1.82, 2.24) is 9.97 Å². The van der Waals surface area contributed by atoms with Gasteiger partial charge in [-0.25, -0.2) is 9.97 Å². The van der Waals surface area contributed by atoms with E-state index in [1.165, 1.54) is 17.3 Å². The summed E-state index contributed by atoms with van der Waals surface area (Å²) in [5.41, 5.74) is 8.15. The van der Waals surface area contributed by atoms with Gasteiger partial charge in [-0.1, -0.05) is 24.3 Å². The predicted molar refractivity (Wildman–Crippen MR) is 69.2 cm³/mol. The van der Waals surface area contributed by atoms with Gasteiger partial charge in [-0.15, -0.1) is 0 Å². The Morgan fingerprint density at radius 1 is 1.17 bits per heavy atom. The molecule has 18 heavy (non-hydrogen) atoms. The van der Waals surface area contributed by atoms with Crippen LogP contribution in [0.1, 0.15) is 30.1 Å². The maximum Gasteiger partial charge on any atom is 0.233 e. The van der Waals surface area contributed by atoms with Crippen LogP contribution in [0.2, 0.25) is 0 Å². The second kappa shape index (κ2) is 4.64. The maximum atomic E-state index is 5.91. The van der Waals surface area contributed by atoms with Crippen LogP contribution in [0, 0.1) is 0 Å². The molecule has 4 heteroatoms. The van der Waals surface area contributed by atoms with E-state index >= 15 is 0 Å². The molecule has 0 bridgehead atoms. The van der Waals surface area contributed by atoms with Gasteiger partial charge in [0.1, 0.15) is 11.9 Å². The monoisotopic (exact) mass is 241 g/mol. The van der Waals surface area contributed by atoms with Gasteiger partial charge in [-0.3, -0.25) is 0 Å². The minimum Gasteiger partial charge on any atom is -0.468 e. The third-order valence-electron chi connectivity index (χ3n) is 3.23. The molecular weight excluding hydrogens is 226 g/mol. The van der Waals surface area contributed by atoms with E-state index in [2.05, 4.69) is 34.2 Å². The van der Waals surface area contributed by atoms with Gasteiger partial charge in [0.2, 0.25) is 5.88 Å². The zero-order chi connectivity index (χ0) is 12.4. The summed E-state index contributed by atoms with van der Waals surface area (Å²) in [6, 6.07) is 8.42. The molecule has 0 amide bonds. The van der Waals surface area contributed by atoms with Crippen LogP contribution in [0.15, 0.2) is 36.7 Å². The van der Waals surface area contributed by atoms with Crippen molar-refractivity contribution in [3.63, 3.8) is 0 Å². The van der Waals surface area contributed by atoms with Crippen molar-refractivity contribution in [3.05, 3.63) is 47.8 Å². The summed E-state index contributed by atoms with van der Waals surface area (Å²) >= 11 is 0. The fraction of sp³-hybridized carbons (Fsp3) is 0.286. The van der Waals surface area contributed by atoms with Crippen LogP contribution in [0.3, 0.4) is 0 Å². The third kappa shape index (κ3) is 2.14. The Kier molecular flexibility index (Phi) is 2.84. The molecule has 2 N–H and O–H groups in total. The van der Waals surface area contributed by atoms with E-state index in [1.54, 1.807) is 6.20 Å². The van der Waals surface area contributed by atoms with Crippen LogP contribution >= 0.6 is 0 Å². The van der Waals surface area contributed by atoms with Crippen LogP contribution in [0.25, 0.3) is 0 Å². The predicted octanol–water partition coefficient (Wildman–Crippen LogP) is 2.52. The first-order valence-corrected chi connectivity index (χ1v) is 6.15. The average Bonchev–Trinajstić information content (AvgIpc) is 2.42. The number of nitrogens with zero attached hydrogens (tertiary/aromatic N) is 2. The minimum absolute atomic E-state index is 0.0767. The fourth-order valence-electron chi connectivity index (χ4n) is 2.36. The van der Waals surface area contributed by atoms with E-state index in [1.807, 2.05) is 0 Å². The molecule has 3 rings (SSSR count). The molecule has 0 radical (unpaired) electrons. The van der Waals surface area contributed by atoms with Gasteiger partial charge in [-0.2, -0.15) is 0 Å². The summed E-state index contributed by atoms with van der Waals surface area (Å²) in [6.45, 7) is 0. The average molecular weight is 241 g/mol. The molecule has 1 aliphatic carbocycles. The summed E-state index contributed by atoms with van der Waals surface area (Å²) in [5.74, 6) is 0.942. The fourth-order valence-corrected chi connectivity index (χ4v) is 2.36. The number of ether oxygens (including phenoxy) is 1. The van der Waals surface area contributed by atoms with Crippen molar-refractivity contribution in [1.29, 1.82) is 0 Å². The summed E-state index contributed by atoms with van der Waals surface area (Å²) < 4.78 is 5.91. The Morgan fingerprint density at radius 3 is 2.89 bits per heavy atom. The summed E-state index contributed by atoms with van der Waals surface area (Å²) in [6.07, 6.45) is 6.46. The SMILES string of the molecule is Nc1cnc(OC2CCCc3ccccc32)cn1. The van der Waals surface area contributed by atoms with Gasteiger partial charge < -0.3 is 10.5 Å². The van der Waals surface area contributed by atoms with Crippen LogP contribution in [-0.4, -0.2) is 9.97 Å². The molecule has 92 valence electrons. The van der Waals surface area contributed by atoms with E-state index in [9.17, 15) is 0 Å². The Bertz CT molecular complexity index is 539. The second-order valence-electron chi connectivity index (χ2n) is 4.48. The van der Waals surface area contributed by atoms with Crippen molar-refractivity contribution < 1.29 is 4.74 Å². The highest BCUT2D eigenvalue weighted by Gasteiger charge is 2.21. The first kappa shape index (κ1) is 11.0. The number of rotatable bonds is 2. The van der Waals surface area contributed by atoms with Crippen molar-refractivity contribution in [2.24, 2.45) is 0 Å². The van der Waals surface area contributed by atoms with E-state index in [0.717, 1.165) is 19.3 Å². The van der Waals surface area contributed by atoms with Gasteiger partial charge >= 0.3 is 0 Å². The molecule has 0 aliphatic heterocycles. The van der Waals surface area contributed by atoms with E-state index in [-0.39, 0.29) is 6.10 Å². The molecule has 1 atom stereocenters. The van der Waals surface area contributed by atoms with Crippen molar-refractivity contribution in [3.8, 4) is 5.88 Å². The van der Waals surface area contributed by atoms with Crippen molar-refractivity contribution >= 4 is 5.82 Å². The number of hydrogen-bond donors (Lipinski definition) is 1. The highest BCUT2D eigenvalue weighted by molar-refractivity contribution is 5.32. The highest BCUT2D eigenvalue weighted by Crippen LogP contribution is 2.32. The lowest BCUT2D eigenvalue weighted by Crippen LogP contribution is -2.15. The molecule has 0 fully saturated rings. The lowest BCUT2D eigenvalue weighted by atomic mass is 9.89. The van der Waals surface area contributed by atoms with Gasteiger partial charge in [-0.05, 0) is 30.4 Å². The molecule has 1 aromatic heterocycles. The van der Waals surface area contributed by atoms with E-state index in [0.29, 0.717) is 11.7 Å². The lowest BCUT2D eigenvalue weighted by Gasteiger charge is -2.25. The van der Waals surface area contributed by atoms with Crippen molar-refractivity contribution in [2.45, 2.75) is 25.4 Å². The van der Waals surface area contributed by atoms with Gasteiger partial charge in [0.05, 0.1) is 12.4 Å². The maximum absolute atomic E-state index is 5.91. The molecule has 4 nitrogen and oxygen atoms in total. The number of fused-ring (bicyclic) bond motifs is 1. The minimum atomic E-state index is 0.0767. The number of hydrogen-bond acceptors (Lipinski definition) is 4. The zero-order valence-electron chi connectivity index (χ0n) is 10.0. The number of nitrogens with two attached hydrogens (primary N) is 1. The Hall–Kier alpha value is -2.10. The number of nitrogen functional groups attached to an aromatic ring is 1. The number of benzene rings is 1. The van der Waals surface area contributed by atoms with E-state index in [4.69, 9.17) is 10.5 Å². The zero-order valence-corrected chi connectivity index (χ0v) is 10.0. The molecule has 1 unspecified atom stereocenters. The summed E-state index contributed by atoms with van der Waals surface area (Å²) in [4.78, 5) is 8.13. The summed E-state index contributed by atoms with van der Waals surface area (Å²) in [5, 5.41) is 0. The normalized spacial score (nSPS) is 18.1. The summed E-state index contributed by atoms with van der Waals surface area (Å²) in [7, 11) is 0. The molecule has 0 saturated heterocycles. The van der Waals surface area contributed by atoms with E-state index < -0.39 is 0 Å². The smallest absolute Gasteiger partial charge is 0.233 e. The third-order valence-corrected chi connectivity index (χ3v) is 3.23. The van der Waals surface area contributed by atoms with Crippen LogP contribution in [0.4, 0.5) is 5.82 Å². The Labute approximate surface area is 106 Å². The van der Waals surface area contributed by atoms with Gasteiger partial charge in [0.25, 0.3) is 0 Å². The molecule has 0 saturated carbocycles. The van der Waals surface area contributed by atoms with Crippen molar-refractivity contribution in [2.75, 3.05) is 5.73 Å². The molecule has 2 aromatic rings. The Balaban J connectivity index is 1.84. The first-order chi connectivity index (χ1) is 8.83. The molecular formula is C14H15N3O. The van der Waals surface area contributed by atoms with Crippen LogP contribution in [-0.2, 0) is 6.42 Å². The number of aromatic nitrogens is 2. The Morgan fingerprint density at radius 2 is 2.06 bits per heavy atom. The largest absolute Gasteiger partial charge is 0.468 e. The number of aryl methyl sites for hydroxylation is 1. The number of anilines is 1. The quantitative estimate of drug-likeness (QED) is 0.877. The van der Waals surface area contributed by atoms with Gasteiger partial charge in [0.15, 0.2) is 0 Å². The van der Waals surface area contributed by atoms with Crippen LogP contribution < -0.4 is 10.5 Å². The van der Waals surface area contributed by atoms with Gasteiger partial charge in [0, 0.05) is 0 Å². The molecule has 1 aromatic carbocycles. The van der Waals surface area contributed by atoms with Crippen LogP contribution in [0.5, 0.6) is 5.88 Å². The molecule has 1 aliphatic rings. The topological polar surface area (TPSA) is 61.0 Å².